The molecule has 200 valence electrons. The molecule has 2 aromatic carbocycles. The molecule has 3 aromatic rings. The van der Waals surface area contributed by atoms with Gasteiger partial charge in [0.1, 0.15) is 0 Å². The minimum absolute atomic E-state index is 0.413. The van der Waals surface area contributed by atoms with Gasteiger partial charge in [-0.05, 0) is 48.2 Å². The first kappa shape index (κ1) is 31.7. The molecule has 1 aliphatic carbocycles. The predicted octanol–water partition coefficient (Wildman–Crippen LogP) is 9.32. The number of fused-ring (bicyclic) bond motifs is 1. The standard InChI is InChI=1S/C14H17F3.C12H12ClN3.C2H6.C2H2/c15-14(16,17)13-8-6-12(7-9-13)10-11-4-2-1-3-5-11;1-7(14)8(2)16-12-6-15-11-4-3-9(13)5-10(11)12;2*1-2/h6-9,11H,1-5,10H2;3-6,15-16H,1-2,14H2;1-2H3;1-2H. The molecule has 4 N–H and O–H groups in total. The van der Waals surface area contributed by atoms with Gasteiger partial charge in [0.05, 0.1) is 16.9 Å². The second-order valence-corrected chi connectivity index (χ2v) is 8.86. The number of H-pyrrole nitrogens is 1. The van der Waals surface area contributed by atoms with E-state index in [9.17, 15) is 13.2 Å². The van der Waals surface area contributed by atoms with Crippen LogP contribution in [0.25, 0.3) is 10.9 Å². The SMILES string of the molecule is C#C.C=C(N)C(=C)Nc1c[nH]c2ccc(Cl)cc12.CC.FC(F)(F)c1ccc(CC2CCCCC2)cc1. The topological polar surface area (TPSA) is 53.8 Å². The number of anilines is 1. The number of halogens is 4. The number of nitrogens with one attached hydrogen (secondary N) is 2. The van der Waals surface area contributed by atoms with E-state index in [4.69, 9.17) is 17.3 Å². The van der Waals surface area contributed by atoms with Crippen LogP contribution in [-0.2, 0) is 12.6 Å². The number of rotatable bonds is 5. The Morgan fingerprint density at radius 3 is 2.19 bits per heavy atom. The van der Waals surface area contributed by atoms with Crippen molar-refractivity contribution in [3.8, 4) is 12.8 Å². The molecule has 1 saturated carbocycles. The Morgan fingerprint density at radius 1 is 1.05 bits per heavy atom. The van der Waals surface area contributed by atoms with E-state index >= 15 is 0 Å². The predicted molar refractivity (Wildman–Crippen MR) is 152 cm³/mol. The van der Waals surface area contributed by atoms with E-state index in [1.807, 2.05) is 38.2 Å². The largest absolute Gasteiger partial charge is 0.416 e. The summed E-state index contributed by atoms with van der Waals surface area (Å²) in [6.07, 6.45) is 12.8. The van der Waals surface area contributed by atoms with Crippen LogP contribution in [0.3, 0.4) is 0 Å². The second kappa shape index (κ2) is 15.7. The van der Waals surface area contributed by atoms with Crippen LogP contribution in [0.4, 0.5) is 18.9 Å². The molecule has 37 heavy (non-hydrogen) atoms. The van der Waals surface area contributed by atoms with Gasteiger partial charge in [0, 0.05) is 27.8 Å². The number of hydrogen-bond donors (Lipinski definition) is 3. The highest BCUT2D eigenvalue weighted by Gasteiger charge is 2.30. The normalized spacial score (nSPS) is 13.1. The third-order valence-electron chi connectivity index (χ3n) is 5.85. The lowest BCUT2D eigenvalue weighted by Gasteiger charge is -2.21. The van der Waals surface area contributed by atoms with Crippen LogP contribution in [0.1, 0.15) is 57.1 Å². The van der Waals surface area contributed by atoms with Gasteiger partial charge in [0.25, 0.3) is 0 Å². The van der Waals surface area contributed by atoms with Crippen LogP contribution in [0.5, 0.6) is 0 Å². The molecule has 1 aromatic heterocycles. The Hall–Kier alpha value is -3.30. The summed E-state index contributed by atoms with van der Waals surface area (Å²) < 4.78 is 37.1. The zero-order chi connectivity index (χ0) is 28.0. The maximum absolute atomic E-state index is 12.4. The van der Waals surface area contributed by atoms with E-state index in [1.165, 1.54) is 44.2 Å². The number of benzene rings is 2. The maximum atomic E-state index is 12.4. The van der Waals surface area contributed by atoms with Crippen molar-refractivity contribution in [2.45, 2.75) is 58.5 Å². The smallest absolute Gasteiger partial charge is 0.398 e. The van der Waals surface area contributed by atoms with Gasteiger partial charge >= 0.3 is 6.18 Å². The average Bonchev–Trinajstić information content (AvgIpc) is 3.29. The zero-order valence-electron chi connectivity index (χ0n) is 21.6. The molecule has 0 saturated heterocycles. The van der Waals surface area contributed by atoms with Crippen LogP contribution in [0, 0.1) is 18.8 Å². The molecule has 0 spiro atoms. The van der Waals surface area contributed by atoms with Gasteiger partial charge in [-0.1, -0.05) is 82.8 Å². The number of hydrogen-bond acceptors (Lipinski definition) is 2. The maximum Gasteiger partial charge on any atom is 0.416 e. The third kappa shape index (κ3) is 10.3. The summed E-state index contributed by atoms with van der Waals surface area (Å²) in [5, 5.41) is 4.77. The van der Waals surface area contributed by atoms with E-state index in [-0.39, 0.29) is 0 Å². The average molecular weight is 532 g/mol. The first-order valence-electron chi connectivity index (χ1n) is 12.3. The molecule has 7 heteroatoms. The number of terminal acetylenes is 1. The van der Waals surface area contributed by atoms with Crippen LogP contribution < -0.4 is 11.1 Å². The fourth-order valence-corrected chi connectivity index (χ4v) is 4.17. The lowest BCUT2D eigenvalue weighted by atomic mass is 9.85. The molecule has 0 unspecified atom stereocenters. The van der Waals surface area contributed by atoms with E-state index in [0.717, 1.165) is 28.6 Å². The molecule has 1 fully saturated rings. The van der Waals surface area contributed by atoms with Gasteiger partial charge in [-0.15, -0.1) is 12.8 Å². The fourth-order valence-electron chi connectivity index (χ4n) is 3.99. The number of alkyl halides is 3. The lowest BCUT2D eigenvalue weighted by molar-refractivity contribution is -0.137. The number of aromatic amines is 1. The molecule has 0 aliphatic heterocycles. The van der Waals surface area contributed by atoms with E-state index < -0.39 is 11.7 Å². The summed E-state index contributed by atoms with van der Waals surface area (Å²) in [5.41, 5.74) is 8.90. The molecule has 3 nitrogen and oxygen atoms in total. The Morgan fingerprint density at radius 2 is 1.65 bits per heavy atom. The first-order chi connectivity index (χ1) is 17.6. The van der Waals surface area contributed by atoms with Crippen molar-refractivity contribution in [2.75, 3.05) is 5.32 Å². The fraction of sp³-hybridized carbons (Fsp3) is 0.333. The summed E-state index contributed by atoms with van der Waals surface area (Å²) >= 11 is 5.94. The number of aromatic nitrogens is 1. The molecule has 4 rings (SSSR count). The van der Waals surface area contributed by atoms with Crippen molar-refractivity contribution in [3.63, 3.8) is 0 Å². The van der Waals surface area contributed by atoms with Gasteiger partial charge in [0.2, 0.25) is 0 Å². The zero-order valence-corrected chi connectivity index (χ0v) is 22.4. The van der Waals surface area contributed by atoms with Crippen LogP contribution >= 0.6 is 11.6 Å². The van der Waals surface area contributed by atoms with Gasteiger partial charge in [-0.25, -0.2) is 0 Å². The van der Waals surface area contributed by atoms with Gasteiger partial charge in [-0.3, -0.25) is 0 Å². The number of nitrogens with two attached hydrogens (primary N) is 1. The van der Waals surface area contributed by atoms with Crippen molar-refractivity contribution in [1.82, 2.24) is 4.98 Å². The van der Waals surface area contributed by atoms with Crippen molar-refractivity contribution in [1.29, 1.82) is 0 Å². The molecule has 1 aliphatic rings. The van der Waals surface area contributed by atoms with Crippen LogP contribution in [-0.4, -0.2) is 4.98 Å². The molecule has 1 heterocycles. The molecule has 0 amide bonds. The Kier molecular flexibility index (Phi) is 13.5. The molecular formula is C30H37ClF3N3. The minimum atomic E-state index is -4.22. The summed E-state index contributed by atoms with van der Waals surface area (Å²) in [4.78, 5) is 3.13. The molecular weight excluding hydrogens is 495 g/mol. The summed E-state index contributed by atoms with van der Waals surface area (Å²) in [6.45, 7) is 11.4. The quantitative estimate of drug-likeness (QED) is 0.227. The van der Waals surface area contributed by atoms with Gasteiger partial charge in [0.15, 0.2) is 0 Å². The van der Waals surface area contributed by atoms with Crippen molar-refractivity contribution >= 4 is 28.2 Å². The molecule has 0 radical (unpaired) electrons. The Balaban J connectivity index is 0.000000327. The third-order valence-corrected chi connectivity index (χ3v) is 6.08. The van der Waals surface area contributed by atoms with Crippen LogP contribution in [0.15, 0.2) is 73.2 Å². The summed E-state index contributed by atoms with van der Waals surface area (Å²) in [5.74, 6) is 0.667. The molecule has 0 atom stereocenters. The monoisotopic (exact) mass is 531 g/mol. The highest BCUT2D eigenvalue weighted by atomic mass is 35.5. The highest BCUT2D eigenvalue weighted by molar-refractivity contribution is 6.31. The van der Waals surface area contributed by atoms with Gasteiger partial charge in [-0.2, -0.15) is 13.2 Å². The van der Waals surface area contributed by atoms with Gasteiger partial charge < -0.3 is 16.0 Å². The highest BCUT2D eigenvalue weighted by Crippen LogP contribution is 2.31. The first-order valence-corrected chi connectivity index (χ1v) is 12.7. The molecule has 0 bridgehead atoms. The van der Waals surface area contributed by atoms with Crippen LogP contribution in [0.2, 0.25) is 5.02 Å². The Labute approximate surface area is 224 Å². The van der Waals surface area contributed by atoms with Crippen molar-refractivity contribution in [3.05, 3.63) is 89.4 Å². The summed E-state index contributed by atoms with van der Waals surface area (Å²) in [6, 6.07) is 11.3. The minimum Gasteiger partial charge on any atom is -0.398 e. The van der Waals surface area contributed by atoms with E-state index in [2.05, 4.69) is 36.3 Å². The van der Waals surface area contributed by atoms with E-state index in [1.54, 1.807) is 12.1 Å². The van der Waals surface area contributed by atoms with Crippen molar-refractivity contribution < 1.29 is 13.2 Å². The Bertz CT molecular complexity index is 1140. The lowest BCUT2D eigenvalue weighted by Crippen LogP contribution is -2.10. The summed E-state index contributed by atoms with van der Waals surface area (Å²) in [7, 11) is 0. The van der Waals surface area contributed by atoms with E-state index in [0.29, 0.717) is 22.3 Å². The van der Waals surface area contributed by atoms with Crippen molar-refractivity contribution in [2.24, 2.45) is 11.7 Å². The second-order valence-electron chi connectivity index (χ2n) is 8.42.